The average Bonchev–Trinajstić information content (AvgIpc) is 3.31. The zero-order valence-electron chi connectivity index (χ0n) is 23.3. The summed E-state index contributed by atoms with van der Waals surface area (Å²) in [7, 11) is 0. The molecular weight excluding hydrogens is 388 g/mol. The summed E-state index contributed by atoms with van der Waals surface area (Å²) in [5.41, 5.74) is 7.01. The molecule has 0 radical (unpaired) electrons. The molecule has 2 fully saturated rings. The van der Waals surface area contributed by atoms with Crippen LogP contribution in [0.15, 0.2) is 12.1 Å². The van der Waals surface area contributed by atoms with E-state index in [2.05, 4.69) is 81.4 Å². The largest absolute Gasteiger partial charge is 0.318 e. The first-order chi connectivity index (χ1) is 14.7. The molecule has 2 aliphatic rings. The van der Waals surface area contributed by atoms with Gasteiger partial charge >= 0.3 is 0 Å². The van der Waals surface area contributed by atoms with Gasteiger partial charge in [-0.25, -0.2) is 0 Å². The van der Waals surface area contributed by atoms with Gasteiger partial charge in [0.1, 0.15) is 13.1 Å². The van der Waals surface area contributed by atoms with E-state index in [-0.39, 0.29) is 5.41 Å². The third kappa shape index (κ3) is 4.97. The smallest absolute Gasteiger partial charge is 0.105 e. The third-order valence-corrected chi connectivity index (χ3v) is 9.15. The molecule has 182 valence electrons. The van der Waals surface area contributed by atoms with Crippen molar-refractivity contribution in [3.8, 4) is 0 Å². The van der Waals surface area contributed by atoms with Crippen LogP contribution < -0.4 is 0 Å². The molecule has 0 saturated carbocycles. The Bertz CT molecular complexity index is 776. The predicted molar refractivity (Wildman–Crippen MR) is 140 cm³/mol. The maximum Gasteiger partial charge on any atom is 0.105 e. The monoisotopic (exact) mass is 442 g/mol. The molecule has 0 bridgehead atoms. The van der Waals surface area contributed by atoms with Crippen LogP contribution in [0.4, 0.5) is 0 Å². The molecule has 0 aromatic heterocycles. The van der Waals surface area contributed by atoms with Crippen molar-refractivity contribution in [1.29, 1.82) is 0 Å². The lowest BCUT2D eigenvalue weighted by Crippen LogP contribution is -2.57. The zero-order valence-corrected chi connectivity index (χ0v) is 23.3. The summed E-state index contributed by atoms with van der Waals surface area (Å²) in [6.45, 7) is 32.2. The molecule has 2 saturated heterocycles. The molecule has 1 aromatic rings. The summed E-state index contributed by atoms with van der Waals surface area (Å²) in [4.78, 5) is 0. The van der Waals surface area contributed by atoms with Crippen LogP contribution in [0.25, 0.3) is 0 Å². The van der Waals surface area contributed by atoms with Gasteiger partial charge in [0.25, 0.3) is 0 Å². The highest BCUT2D eigenvalue weighted by Gasteiger charge is 2.44. The van der Waals surface area contributed by atoms with E-state index in [1.807, 2.05) is 0 Å². The molecule has 2 aliphatic heterocycles. The van der Waals surface area contributed by atoms with E-state index >= 15 is 0 Å². The van der Waals surface area contributed by atoms with E-state index in [0.29, 0.717) is 17.5 Å². The first-order valence-corrected chi connectivity index (χ1v) is 13.6. The number of likely N-dealkylation sites (tertiary alicyclic amines) is 2. The van der Waals surface area contributed by atoms with Crippen LogP contribution in [0.2, 0.25) is 0 Å². The second-order valence-corrected chi connectivity index (χ2v) is 13.9. The van der Waals surface area contributed by atoms with Crippen molar-refractivity contribution in [2.24, 2.45) is 0 Å². The Kier molecular flexibility index (Phi) is 7.30. The highest BCUT2D eigenvalue weighted by Crippen LogP contribution is 2.40. The topological polar surface area (TPSA) is 0 Å². The quantitative estimate of drug-likeness (QED) is 0.399. The second-order valence-electron chi connectivity index (χ2n) is 13.9. The Morgan fingerprint density at radius 2 is 1.19 bits per heavy atom. The Labute approximate surface area is 200 Å². The number of rotatable bonds is 6. The Morgan fingerprint density at radius 1 is 0.719 bits per heavy atom. The van der Waals surface area contributed by atoms with Crippen molar-refractivity contribution >= 4 is 0 Å². The fourth-order valence-corrected chi connectivity index (χ4v) is 6.71. The van der Waals surface area contributed by atoms with E-state index in [4.69, 9.17) is 0 Å². The van der Waals surface area contributed by atoms with Crippen molar-refractivity contribution in [3.63, 3.8) is 0 Å². The normalized spacial score (nSPS) is 21.1. The van der Waals surface area contributed by atoms with Gasteiger partial charge in [0, 0.05) is 36.8 Å². The summed E-state index contributed by atoms with van der Waals surface area (Å²) in [5.74, 6) is 0.575. The second kappa shape index (κ2) is 9.06. The van der Waals surface area contributed by atoms with E-state index in [0.717, 1.165) is 0 Å². The summed E-state index contributed by atoms with van der Waals surface area (Å²) in [5, 5.41) is 0. The Balaban J connectivity index is 2.17. The molecule has 3 rings (SSSR count). The number of hydrogen-bond donors (Lipinski definition) is 0. The predicted octanol–water partition coefficient (Wildman–Crippen LogP) is 7.54. The molecule has 2 nitrogen and oxygen atoms in total. The first-order valence-electron chi connectivity index (χ1n) is 13.6. The number of nitrogens with zero attached hydrogens (tertiary/aromatic N) is 2. The minimum Gasteiger partial charge on any atom is -0.318 e. The summed E-state index contributed by atoms with van der Waals surface area (Å²) in [6, 6.07) is 5.93. The van der Waals surface area contributed by atoms with Crippen molar-refractivity contribution in [1.82, 2.24) is 0 Å². The molecule has 0 atom stereocenters. The van der Waals surface area contributed by atoms with Crippen LogP contribution in [-0.2, 0) is 18.5 Å². The maximum absolute atomic E-state index is 2.62. The molecule has 0 aliphatic carbocycles. The van der Waals surface area contributed by atoms with Crippen molar-refractivity contribution in [2.75, 3.05) is 26.2 Å². The van der Waals surface area contributed by atoms with Crippen LogP contribution in [0.5, 0.6) is 0 Å². The summed E-state index contributed by atoms with van der Waals surface area (Å²) >= 11 is 0. The van der Waals surface area contributed by atoms with Gasteiger partial charge in [-0.2, -0.15) is 0 Å². The molecule has 0 unspecified atom stereocenters. The zero-order chi connectivity index (χ0) is 23.9. The third-order valence-electron chi connectivity index (χ3n) is 9.15. The molecule has 2 heteroatoms. The van der Waals surface area contributed by atoms with Gasteiger partial charge in [-0.05, 0) is 69.2 Å². The number of hydrogen-bond acceptors (Lipinski definition) is 0. The number of benzene rings is 1. The summed E-state index contributed by atoms with van der Waals surface area (Å²) in [6.07, 6.45) is 5.55. The molecule has 0 spiro atoms. The standard InChI is InChI=1S/C30H54N2/c1-23(2)28-25(21-31(24(3)4)15-11-12-16-31)19-27(29(5,6)7)20-26(28)22-32(30(8,9)10)17-13-14-18-32/h19-20,23-24H,11-18,21-22H2,1-10H3/q+2. The van der Waals surface area contributed by atoms with Crippen molar-refractivity contribution in [3.05, 3.63) is 34.4 Å². The first kappa shape index (κ1) is 25.8. The van der Waals surface area contributed by atoms with E-state index < -0.39 is 0 Å². The lowest BCUT2D eigenvalue weighted by atomic mass is 9.80. The Hall–Kier alpha value is -0.860. The van der Waals surface area contributed by atoms with E-state index in [1.165, 1.54) is 73.9 Å². The molecule has 1 aromatic carbocycles. The highest BCUT2D eigenvalue weighted by molar-refractivity contribution is 5.43. The molecular formula is C30H54N2+2. The van der Waals surface area contributed by atoms with Crippen LogP contribution >= 0.6 is 0 Å². The van der Waals surface area contributed by atoms with Crippen LogP contribution in [-0.4, -0.2) is 46.7 Å². The summed E-state index contributed by atoms with van der Waals surface area (Å²) < 4.78 is 2.54. The van der Waals surface area contributed by atoms with Gasteiger partial charge in [0.2, 0.25) is 0 Å². The Morgan fingerprint density at radius 3 is 1.59 bits per heavy atom. The fourth-order valence-electron chi connectivity index (χ4n) is 6.71. The molecule has 32 heavy (non-hydrogen) atoms. The lowest BCUT2D eigenvalue weighted by Gasteiger charge is -2.47. The van der Waals surface area contributed by atoms with Gasteiger partial charge in [0.15, 0.2) is 0 Å². The molecule has 2 heterocycles. The highest BCUT2D eigenvalue weighted by atomic mass is 15.4. The average molecular weight is 443 g/mol. The molecule has 0 amide bonds. The SMILES string of the molecule is CC(C)c1c(C[N+]2(C(C)C)CCCC2)cc(C(C)(C)C)cc1C[N+]1(C(C)(C)C)CCCC1. The minimum absolute atomic E-state index is 0.185. The van der Waals surface area contributed by atoms with E-state index in [1.54, 1.807) is 22.3 Å². The van der Waals surface area contributed by atoms with Crippen molar-refractivity contribution < 1.29 is 8.97 Å². The number of quaternary nitrogens is 2. The van der Waals surface area contributed by atoms with Crippen LogP contribution in [0.3, 0.4) is 0 Å². The minimum atomic E-state index is 0.185. The fraction of sp³-hybridized carbons (Fsp3) is 0.800. The van der Waals surface area contributed by atoms with Gasteiger partial charge in [-0.3, -0.25) is 0 Å². The van der Waals surface area contributed by atoms with Crippen molar-refractivity contribution in [2.45, 2.75) is 131 Å². The van der Waals surface area contributed by atoms with Gasteiger partial charge < -0.3 is 8.97 Å². The van der Waals surface area contributed by atoms with Gasteiger partial charge in [0.05, 0.1) is 37.8 Å². The van der Waals surface area contributed by atoms with Gasteiger partial charge in [-0.15, -0.1) is 0 Å². The van der Waals surface area contributed by atoms with Crippen LogP contribution in [0, 0.1) is 0 Å². The van der Waals surface area contributed by atoms with Crippen LogP contribution in [0.1, 0.15) is 123 Å². The lowest BCUT2D eigenvalue weighted by molar-refractivity contribution is -0.972. The maximum atomic E-state index is 2.62. The van der Waals surface area contributed by atoms with Gasteiger partial charge in [-0.1, -0.05) is 34.6 Å². The molecule has 0 N–H and O–H groups in total. The van der Waals surface area contributed by atoms with E-state index in [9.17, 15) is 0 Å².